The van der Waals surface area contributed by atoms with E-state index in [1.54, 1.807) is 51.1 Å². The number of benzene rings is 1. The third-order valence-corrected chi connectivity index (χ3v) is 8.86. The summed E-state index contributed by atoms with van der Waals surface area (Å²) in [6, 6.07) is 6.02. The number of carbonyl (C=O) groups is 3. The van der Waals surface area contributed by atoms with Gasteiger partial charge in [0, 0.05) is 43.5 Å². The first-order chi connectivity index (χ1) is 18.7. The number of rotatable bonds is 13. The van der Waals surface area contributed by atoms with Gasteiger partial charge in [-0.25, -0.2) is 0 Å². The molecule has 1 aromatic carbocycles. The second kappa shape index (κ2) is 11.8. The molecule has 5 atom stereocenters. The summed E-state index contributed by atoms with van der Waals surface area (Å²) in [6.07, 6.45) is 6.09. The Hall–Kier alpha value is -2.68. The number of carbonyl (C=O) groups excluding carboxylic acids is 3. The van der Waals surface area contributed by atoms with Crippen LogP contribution in [0.2, 0.25) is 5.02 Å². The normalized spacial score (nSPS) is 28.9. The topological polar surface area (TPSA) is 90.4 Å². The summed E-state index contributed by atoms with van der Waals surface area (Å²) in [5.74, 6) is -2.11. The summed E-state index contributed by atoms with van der Waals surface area (Å²) < 4.78 is 6.87. The van der Waals surface area contributed by atoms with Gasteiger partial charge in [0.1, 0.15) is 11.6 Å². The lowest BCUT2D eigenvalue weighted by Gasteiger charge is -2.37. The molecule has 2 bridgehead atoms. The lowest BCUT2D eigenvalue weighted by Crippen LogP contribution is -2.56. The van der Waals surface area contributed by atoms with Gasteiger partial charge >= 0.3 is 0 Å². The lowest BCUT2D eigenvalue weighted by molar-refractivity contribution is -0.151. The van der Waals surface area contributed by atoms with Gasteiger partial charge in [0.15, 0.2) is 0 Å². The Bertz CT molecular complexity index is 1110. The first-order valence-electron chi connectivity index (χ1n) is 13.9. The predicted molar refractivity (Wildman–Crippen MR) is 151 cm³/mol. The summed E-state index contributed by atoms with van der Waals surface area (Å²) in [6.45, 7) is 12.9. The molecule has 1 N–H and O–H groups in total. The van der Waals surface area contributed by atoms with E-state index in [4.69, 9.17) is 16.3 Å². The average molecular weight is 558 g/mol. The number of amides is 3. The van der Waals surface area contributed by atoms with Gasteiger partial charge in [-0.15, -0.1) is 13.2 Å². The standard InChI is InChI=1S/C30H40ClN3O5/c1-5-16-32(17-6-2)26(36)23-24-27(37)34(19-9-20-35)25(30(24)15-14-29(23,8-4)39-30)28(38)33(18-7-3)22-12-10-21(31)11-13-22/h5,7,10-13,23-25,35H,1,3,6,8-9,14-20H2,2,4H3/t23-,24-,25?,29+,30?/m0/s1. The molecule has 3 amide bonds. The third-order valence-electron chi connectivity index (χ3n) is 8.61. The summed E-state index contributed by atoms with van der Waals surface area (Å²) in [5.41, 5.74) is -1.31. The van der Waals surface area contributed by atoms with Crippen molar-refractivity contribution in [2.45, 2.75) is 63.2 Å². The minimum atomic E-state index is -1.13. The van der Waals surface area contributed by atoms with E-state index in [2.05, 4.69) is 13.2 Å². The van der Waals surface area contributed by atoms with Crippen molar-refractivity contribution in [3.8, 4) is 0 Å². The molecule has 1 aromatic rings. The molecule has 0 aromatic heterocycles. The number of aliphatic hydroxyl groups excluding tert-OH is 1. The Balaban J connectivity index is 1.81. The van der Waals surface area contributed by atoms with Crippen LogP contribution in [0.3, 0.4) is 0 Å². The fourth-order valence-electron chi connectivity index (χ4n) is 6.99. The van der Waals surface area contributed by atoms with Crippen LogP contribution in [0.15, 0.2) is 49.6 Å². The van der Waals surface area contributed by atoms with Crippen LogP contribution in [-0.4, -0.2) is 82.7 Å². The number of nitrogens with zero attached hydrogens (tertiary/aromatic N) is 3. The average Bonchev–Trinajstić information content (AvgIpc) is 3.54. The maximum Gasteiger partial charge on any atom is 0.253 e. The smallest absolute Gasteiger partial charge is 0.253 e. The van der Waals surface area contributed by atoms with E-state index >= 15 is 0 Å². The molecule has 0 saturated carbocycles. The van der Waals surface area contributed by atoms with Gasteiger partial charge < -0.3 is 24.5 Å². The van der Waals surface area contributed by atoms with Crippen LogP contribution in [0.5, 0.6) is 0 Å². The number of aliphatic hydroxyl groups is 1. The zero-order chi connectivity index (χ0) is 28.4. The molecule has 9 heteroatoms. The van der Waals surface area contributed by atoms with Gasteiger partial charge in [-0.05, 0) is 56.4 Å². The number of ether oxygens (including phenoxy) is 1. The van der Waals surface area contributed by atoms with E-state index in [-0.39, 0.29) is 37.4 Å². The lowest BCUT2D eigenvalue weighted by atomic mass is 9.64. The number of likely N-dealkylation sites (tertiary alicyclic amines) is 1. The van der Waals surface area contributed by atoms with E-state index in [0.717, 1.165) is 6.42 Å². The minimum absolute atomic E-state index is 0.116. The van der Waals surface area contributed by atoms with Crippen LogP contribution in [0.1, 0.15) is 46.0 Å². The van der Waals surface area contributed by atoms with Gasteiger partial charge in [-0.2, -0.15) is 0 Å². The fourth-order valence-corrected chi connectivity index (χ4v) is 7.11. The van der Waals surface area contributed by atoms with Gasteiger partial charge in [-0.1, -0.05) is 37.6 Å². The molecule has 212 valence electrons. The van der Waals surface area contributed by atoms with Crippen molar-refractivity contribution in [2.24, 2.45) is 11.8 Å². The molecule has 8 nitrogen and oxygen atoms in total. The highest BCUT2D eigenvalue weighted by molar-refractivity contribution is 6.30. The van der Waals surface area contributed by atoms with E-state index in [9.17, 15) is 19.5 Å². The van der Waals surface area contributed by atoms with Crippen molar-refractivity contribution >= 4 is 35.0 Å². The molecule has 39 heavy (non-hydrogen) atoms. The van der Waals surface area contributed by atoms with Crippen molar-refractivity contribution in [1.82, 2.24) is 9.80 Å². The molecule has 2 unspecified atom stereocenters. The maximum atomic E-state index is 14.5. The van der Waals surface area contributed by atoms with Gasteiger partial charge in [0.05, 0.1) is 17.4 Å². The van der Waals surface area contributed by atoms with E-state index in [1.165, 1.54) is 0 Å². The summed E-state index contributed by atoms with van der Waals surface area (Å²) in [4.78, 5) is 47.7. The van der Waals surface area contributed by atoms with Crippen LogP contribution in [0.25, 0.3) is 0 Å². The first-order valence-corrected chi connectivity index (χ1v) is 14.3. The molecule has 3 aliphatic rings. The molecule has 3 saturated heterocycles. The van der Waals surface area contributed by atoms with Crippen LogP contribution in [-0.2, 0) is 19.1 Å². The highest BCUT2D eigenvalue weighted by Gasteiger charge is 2.79. The largest absolute Gasteiger partial charge is 0.396 e. The van der Waals surface area contributed by atoms with Crippen molar-refractivity contribution in [3.05, 3.63) is 54.6 Å². The molecular weight excluding hydrogens is 518 g/mol. The van der Waals surface area contributed by atoms with Crippen molar-refractivity contribution in [3.63, 3.8) is 0 Å². The highest BCUT2D eigenvalue weighted by Crippen LogP contribution is 2.64. The zero-order valence-corrected chi connectivity index (χ0v) is 23.7. The van der Waals surface area contributed by atoms with Crippen LogP contribution in [0, 0.1) is 11.8 Å². The van der Waals surface area contributed by atoms with Crippen molar-refractivity contribution in [2.75, 3.05) is 37.7 Å². The van der Waals surface area contributed by atoms with Gasteiger partial charge in [0.2, 0.25) is 11.8 Å². The first kappa shape index (κ1) is 29.3. The van der Waals surface area contributed by atoms with Crippen molar-refractivity contribution < 1.29 is 24.2 Å². The second-order valence-corrected chi connectivity index (χ2v) is 11.2. The molecule has 4 rings (SSSR count). The Morgan fingerprint density at radius 2 is 1.85 bits per heavy atom. The maximum absolute atomic E-state index is 14.5. The summed E-state index contributed by atoms with van der Waals surface area (Å²) >= 11 is 6.11. The number of fused-ring (bicyclic) bond motifs is 1. The summed E-state index contributed by atoms with van der Waals surface area (Å²) in [7, 11) is 0. The number of hydrogen-bond acceptors (Lipinski definition) is 5. The molecule has 1 spiro atoms. The molecule has 0 aliphatic carbocycles. The van der Waals surface area contributed by atoms with Crippen molar-refractivity contribution in [1.29, 1.82) is 0 Å². The second-order valence-electron chi connectivity index (χ2n) is 10.7. The molecule has 3 fully saturated rings. The summed E-state index contributed by atoms with van der Waals surface area (Å²) in [5, 5.41) is 10.2. The Morgan fingerprint density at radius 3 is 2.44 bits per heavy atom. The van der Waals surface area contributed by atoms with Gasteiger partial charge in [-0.3, -0.25) is 14.4 Å². The van der Waals surface area contributed by atoms with Crippen LogP contribution in [0.4, 0.5) is 5.69 Å². The Morgan fingerprint density at radius 1 is 1.15 bits per heavy atom. The predicted octanol–water partition coefficient (Wildman–Crippen LogP) is 3.82. The van der Waals surface area contributed by atoms with E-state index < -0.39 is 29.1 Å². The zero-order valence-electron chi connectivity index (χ0n) is 23.0. The monoisotopic (exact) mass is 557 g/mol. The highest BCUT2D eigenvalue weighted by atomic mass is 35.5. The van der Waals surface area contributed by atoms with E-state index in [1.807, 2.05) is 13.8 Å². The number of anilines is 1. The van der Waals surface area contributed by atoms with E-state index in [0.29, 0.717) is 49.5 Å². The fraction of sp³-hybridized carbons (Fsp3) is 0.567. The third kappa shape index (κ3) is 4.81. The molecule has 0 radical (unpaired) electrons. The quantitative estimate of drug-likeness (QED) is 0.372. The Labute approximate surface area is 236 Å². The van der Waals surface area contributed by atoms with Crippen LogP contribution < -0.4 is 4.90 Å². The molecule has 3 heterocycles. The number of halogens is 1. The van der Waals surface area contributed by atoms with Gasteiger partial charge in [0.25, 0.3) is 5.91 Å². The SMILES string of the molecule is C=CCN(CCC)C(=O)[C@@H]1[C@H]2C(=O)N(CCCO)C(C(=O)N(CC=C)c3ccc(Cl)cc3)C23CC[C@@]1(CC)O3. The Kier molecular flexibility index (Phi) is 8.88. The molecule has 3 aliphatic heterocycles. The van der Waals surface area contributed by atoms with Crippen LogP contribution >= 0.6 is 11.6 Å². The minimum Gasteiger partial charge on any atom is -0.396 e. The number of hydrogen-bond donors (Lipinski definition) is 1. The molecular formula is C30H40ClN3O5.